The summed E-state index contributed by atoms with van der Waals surface area (Å²) in [4.78, 5) is 26.9. The summed E-state index contributed by atoms with van der Waals surface area (Å²) in [5.41, 5.74) is 3.43. The Balaban J connectivity index is 1.47. The molecule has 0 radical (unpaired) electrons. The first-order valence-electron chi connectivity index (χ1n) is 7.85. The Morgan fingerprint density at radius 1 is 1.29 bits per heavy atom. The van der Waals surface area contributed by atoms with E-state index in [9.17, 15) is 4.79 Å². The molecule has 1 saturated heterocycles. The molecular weight excluding hydrogens is 324 g/mol. The van der Waals surface area contributed by atoms with Gasteiger partial charge < -0.3 is 9.64 Å². The molecule has 7 heteroatoms. The van der Waals surface area contributed by atoms with Gasteiger partial charge in [0.15, 0.2) is 0 Å². The van der Waals surface area contributed by atoms with Gasteiger partial charge in [-0.05, 0) is 31.0 Å². The van der Waals surface area contributed by atoms with Gasteiger partial charge in [-0.25, -0.2) is 15.0 Å². The maximum Gasteiger partial charge on any atom is 0.254 e. The van der Waals surface area contributed by atoms with Crippen molar-refractivity contribution >= 4 is 27.5 Å². The lowest BCUT2D eigenvalue weighted by molar-refractivity contribution is 0.0527. The van der Waals surface area contributed by atoms with Gasteiger partial charge in [0.25, 0.3) is 5.91 Å². The largest absolute Gasteiger partial charge is 0.472 e. The molecule has 24 heavy (non-hydrogen) atoms. The monoisotopic (exact) mass is 340 g/mol. The molecule has 3 aromatic rings. The van der Waals surface area contributed by atoms with Gasteiger partial charge in [0.05, 0.1) is 22.3 Å². The quantitative estimate of drug-likeness (QED) is 0.733. The molecule has 1 aliphatic rings. The number of aromatic nitrogens is 3. The molecule has 3 heterocycles. The fraction of sp³-hybridized carbons (Fsp3) is 0.294. The normalized spacial score (nSPS) is 17.8. The van der Waals surface area contributed by atoms with Gasteiger partial charge in [0.2, 0.25) is 5.88 Å². The Bertz CT molecular complexity index is 852. The zero-order valence-electron chi connectivity index (χ0n) is 13.0. The third-order valence-corrected chi connectivity index (χ3v) is 4.88. The van der Waals surface area contributed by atoms with Crippen molar-refractivity contribution in [2.45, 2.75) is 18.9 Å². The number of piperidine rings is 1. The van der Waals surface area contributed by atoms with Crippen LogP contribution in [0.2, 0.25) is 0 Å². The van der Waals surface area contributed by atoms with E-state index in [2.05, 4.69) is 15.0 Å². The molecule has 0 N–H and O–H groups in total. The van der Waals surface area contributed by atoms with Crippen molar-refractivity contribution < 1.29 is 9.53 Å². The van der Waals surface area contributed by atoms with E-state index in [-0.39, 0.29) is 12.0 Å². The van der Waals surface area contributed by atoms with Gasteiger partial charge in [0.1, 0.15) is 12.4 Å². The van der Waals surface area contributed by atoms with Gasteiger partial charge in [-0.3, -0.25) is 4.79 Å². The van der Waals surface area contributed by atoms with Crippen molar-refractivity contribution in [3.63, 3.8) is 0 Å². The zero-order chi connectivity index (χ0) is 16.4. The van der Waals surface area contributed by atoms with E-state index in [1.54, 1.807) is 29.1 Å². The maximum atomic E-state index is 12.8. The standard InChI is InChI=1S/C17H16N4O2S/c22-17(12-3-4-14-15(8-12)24-11-20-14)21-7-1-2-13(9-21)23-16-5-6-18-10-19-16/h3-6,8,10-11,13H,1-2,7,9H2. The van der Waals surface area contributed by atoms with E-state index < -0.39 is 0 Å². The van der Waals surface area contributed by atoms with Crippen LogP contribution in [0, 0.1) is 0 Å². The van der Waals surface area contributed by atoms with E-state index in [4.69, 9.17) is 4.74 Å². The van der Waals surface area contributed by atoms with Crippen LogP contribution in [-0.4, -0.2) is 45.0 Å². The number of thiazole rings is 1. The number of amides is 1. The van der Waals surface area contributed by atoms with Crippen LogP contribution in [0.25, 0.3) is 10.2 Å². The lowest BCUT2D eigenvalue weighted by Gasteiger charge is -2.32. The maximum absolute atomic E-state index is 12.8. The smallest absolute Gasteiger partial charge is 0.254 e. The van der Waals surface area contributed by atoms with Gasteiger partial charge >= 0.3 is 0 Å². The van der Waals surface area contributed by atoms with Crippen LogP contribution >= 0.6 is 11.3 Å². The second-order valence-electron chi connectivity index (χ2n) is 5.72. The Hall–Kier alpha value is -2.54. The van der Waals surface area contributed by atoms with Crippen LogP contribution in [0.5, 0.6) is 5.88 Å². The molecule has 0 saturated carbocycles. The minimum absolute atomic E-state index is 0.0373. The molecule has 1 aromatic carbocycles. The van der Waals surface area contributed by atoms with Gasteiger partial charge in [-0.15, -0.1) is 11.3 Å². The molecule has 6 nitrogen and oxygen atoms in total. The number of benzene rings is 1. The number of carbonyl (C=O) groups excluding carboxylic acids is 1. The number of rotatable bonds is 3. The van der Waals surface area contributed by atoms with E-state index in [0.29, 0.717) is 18.0 Å². The predicted molar refractivity (Wildman–Crippen MR) is 91.2 cm³/mol. The molecular formula is C17H16N4O2S. The Morgan fingerprint density at radius 3 is 3.12 bits per heavy atom. The number of nitrogens with zero attached hydrogens (tertiary/aromatic N) is 4. The molecule has 1 unspecified atom stereocenters. The van der Waals surface area contributed by atoms with Crippen molar-refractivity contribution in [3.8, 4) is 5.88 Å². The molecule has 4 rings (SSSR count). The Morgan fingerprint density at radius 2 is 2.25 bits per heavy atom. The van der Waals surface area contributed by atoms with Crippen LogP contribution < -0.4 is 4.74 Å². The van der Waals surface area contributed by atoms with Crippen LogP contribution in [-0.2, 0) is 0 Å². The molecule has 1 fully saturated rings. The summed E-state index contributed by atoms with van der Waals surface area (Å²) in [6.45, 7) is 1.33. The van der Waals surface area contributed by atoms with Crippen molar-refractivity contribution in [2.75, 3.05) is 13.1 Å². The van der Waals surface area contributed by atoms with E-state index in [0.717, 1.165) is 29.6 Å². The fourth-order valence-corrected chi connectivity index (χ4v) is 3.62. The summed E-state index contributed by atoms with van der Waals surface area (Å²) in [6, 6.07) is 7.40. The second-order valence-corrected chi connectivity index (χ2v) is 6.60. The van der Waals surface area contributed by atoms with E-state index in [1.165, 1.54) is 6.33 Å². The first kappa shape index (κ1) is 15.0. The number of hydrogen-bond donors (Lipinski definition) is 0. The van der Waals surface area contributed by atoms with Crippen molar-refractivity contribution in [1.82, 2.24) is 19.9 Å². The molecule has 0 bridgehead atoms. The number of likely N-dealkylation sites (tertiary alicyclic amines) is 1. The van der Waals surface area contributed by atoms with E-state index >= 15 is 0 Å². The minimum atomic E-state index is -0.0373. The summed E-state index contributed by atoms with van der Waals surface area (Å²) < 4.78 is 6.91. The highest BCUT2D eigenvalue weighted by atomic mass is 32.1. The lowest BCUT2D eigenvalue weighted by atomic mass is 10.1. The third-order valence-electron chi connectivity index (χ3n) is 4.09. The average Bonchev–Trinajstić information content (AvgIpc) is 3.10. The first-order chi connectivity index (χ1) is 11.8. The van der Waals surface area contributed by atoms with E-state index in [1.807, 2.05) is 23.1 Å². The molecule has 122 valence electrons. The summed E-state index contributed by atoms with van der Waals surface area (Å²) in [5, 5.41) is 0. The highest BCUT2D eigenvalue weighted by molar-refractivity contribution is 7.16. The topological polar surface area (TPSA) is 68.2 Å². The van der Waals surface area contributed by atoms with Crippen LogP contribution in [0.4, 0.5) is 0 Å². The molecule has 1 aliphatic heterocycles. The SMILES string of the molecule is O=C(c1ccc2ncsc2c1)N1CCCC(Oc2ccncn2)C1. The van der Waals surface area contributed by atoms with Crippen LogP contribution in [0.1, 0.15) is 23.2 Å². The summed E-state index contributed by atoms with van der Waals surface area (Å²) in [5.74, 6) is 0.594. The lowest BCUT2D eigenvalue weighted by Crippen LogP contribution is -2.44. The average molecular weight is 340 g/mol. The molecule has 2 aromatic heterocycles. The van der Waals surface area contributed by atoms with Gasteiger partial charge in [-0.2, -0.15) is 0 Å². The third kappa shape index (κ3) is 3.07. The van der Waals surface area contributed by atoms with Crippen LogP contribution in [0.15, 0.2) is 42.3 Å². The van der Waals surface area contributed by atoms with Crippen molar-refractivity contribution in [3.05, 3.63) is 47.9 Å². The first-order valence-corrected chi connectivity index (χ1v) is 8.73. The zero-order valence-corrected chi connectivity index (χ0v) is 13.8. The molecule has 1 amide bonds. The summed E-state index contributed by atoms with van der Waals surface area (Å²) in [7, 11) is 0. The molecule has 0 aliphatic carbocycles. The minimum Gasteiger partial charge on any atom is -0.472 e. The summed E-state index contributed by atoms with van der Waals surface area (Å²) >= 11 is 1.55. The summed E-state index contributed by atoms with van der Waals surface area (Å²) in [6.07, 6.45) is 4.92. The van der Waals surface area contributed by atoms with Crippen molar-refractivity contribution in [1.29, 1.82) is 0 Å². The Labute approximate surface area is 143 Å². The fourth-order valence-electron chi connectivity index (χ4n) is 2.91. The molecule has 1 atom stereocenters. The van der Waals surface area contributed by atoms with Gasteiger partial charge in [-0.1, -0.05) is 0 Å². The highest BCUT2D eigenvalue weighted by Gasteiger charge is 2.26. The Kier molecular flexibility index (Phi) is 4.08. The second kappa shape index (κ2) is 6.52. The predicted octanol–water partition coefficient (Wildman–Crippen LogP) is 2.77. The number of fused-ring (bicyclic) bond motifs is 1. The number of hydrogen-bond acceptors (Lipinski definition) is 6. The number of carbonyl (C=O) groups is 1. The van der Waals surface area contributed by atoms with Crippen molar-refractivity contribution in [2.24, 2.45) is 0 Å². The molecule has 0 spiro atoms. The number of ether oxygens (including phenoxy) is 1. The van der Waals surface area contributed by atoms with Crippen LogP contribution in [0.3, 0.4) is 0 Å². The van der Waals surface area contributed by atoms with Gasteiger partial charge in [0, 0.05) is 24.4 Å². The highest BCUT2D eigenvalue weighted by Crippen LogP contribution is 2.22.